The van der Waals surface area contributed by atoms with Gasteiger partial charge in [0, 0.05) is 7.11 Å². The summed E-state index contributed by atoms with van der Waals surface area (Å²) in [6.45, 7) is -0.904. The van der Waals surface area contributed by atoms with E-state index in [2.05, 4.69) is 20.8 Å². The second-order valence-electron chi connectivity index (χ2n) is 5.52. The maximum atomic E-state index is 12.3. The number of methoxy groups -OCH3 is 1. The van der Waals surface area contributed by atoms with Gasteiger partial charge in [-0.25, -0.2) is 14.4 Å². The van der Waals surface area contributed by atoms with E-state index >= 15 is 0 Å². The summed E-state index contributed by atoms with van der Waals surface area (Å²) >= 11 is 0. The summed E-state index contributed by atoms with van der Waals surface area (Å²) in [5, 5.41) is 0. The predicted octanol–water partition coefficient (Wildman–Crippen LogP) is 3.23. The molecule has 0 amide bonds. The average Bonchev–Trinajstić information content (AvgIpc) is 2.63. The lowest BCUT2D eigenvalue weighted by atomic mass is 10.1. The second-order valence-corrected chi connectivity index (χ2v) is 5.52. The van der Waals surface area contributed by atoms with Crippen molar-refractivity contribution in [1.82, 2.24) is 0 Å². The first-order valence-electron chi connectivity index (χ1n) is 7.74. The number of hydrogen-bond acceptors (Lipinski definition) is 7. The minimum atomic E-state index is -4.91. The lowest BCUT2D eigenvalue weighted by molar-refractivity contribution is -0.162. The van der Waals surface area contributed by atoms with Crippen LogP contribution in [0.1, 0.15) is 20.7 Å². The molecule has 0 heterocycles. The molecule has 0 aliphatic carbocycles. The molecular formula is C17H14F6O7. The van der Waals surface area contributed by atoms with Gasteiger partial charge in [-0.05, 0) is 18.2 Å². The smallest absolute Gasteiger partial charge is 0.422 e. The summed E-state index contributed by atoms with van der Waals surface area (Å²) in [6, 6.07) is 2.27. The van der Waals surface area contributed by atoms with Gasteiger partial charge in [0.1, 0.15) is 5.75 Å². The molecule has 0 atom stereocenters. The van der Waals surface area contributed by atoms with E-state index in [-0.39, 0.29) is 12.2 Å². The molecule has 166 valence electrons. The predicted molar refractivity (Wildman–Crippen MR) is 85.8 cm³/mol. The van der Waals surface area contributed by atoms with Crippen LogP contribution in [0.15, 0.2) is 30.4 Å². The molecule has 0 aromatic heterocycles. The number of ether oxygens (including phenoxy) is 4. The summed E-state index contributed by atoms with van der Waals surface area (Å²) < 4.78 is 91.0. The largest absolute Gasteiger partial charge is 0.452 e. The Balaban J connectivity index is 3.17. The molecule has 7 nitrogen and oxygen atoms in total. The molecule has 0 fully saturated rings. The fourth-order valence-corrected chi connectivity index (χ4v) is 1.80. The van der Waals surface area contributed by atoms with Crippen LogP contribution in [0.3, 0.4) is 0 Å². The van der Waals surface area contributed by atoms with Crippen LogP contribution in [0, 0.1) is 0 Å². The van der Waals surface area contributed by atoms with Crippen molar-refractivity contribution in [3.63, 3.8) is 0 Å². The Kier molecular flexibility index (Phi) is 8.39. The Morgan fingerprint density at radius 1 is 0.900 bits per heavy atom. The van der Waals surface area contributed by atoms with E-state index in [1.54, 1.807) is 0 Å². The van der Waals surface area contributed by atoms with Crippen molar-refractivity contribution in [3.05, 3.63) is 41.5 Å². The van der Waals surface area contributed by atoms with Crippen LogP contribution in [0.4, 0.5) is 26.3 Å². The van der Waals surface area contributed by atoms with Crippen molar-refractivity contribution in [1.29, 1.82) is 0 Å². The lowest BCUT2D eigenvalue weighted by Crippen LogP contribution is -2.24. The van der Waals surface area contributed by atoms with Crippen LogP contribution in [-0.4, -0.2) is 57.2 Å². The Bertz CT molecular complexity index is 814. The average molecular weight is 444 g/mol. The molecule has 0 radical (unpaired) electrons. The number of hydrogen-bond donors (Lipinski definition) is 0. The molecule has 1 aromatic rings. The van der Waals surface area contributed by atoms with Gasteiger partial charge in [-0.2, -0.15) is 26.3 Å². The van der Waals surface area contributed by atoms with Crippen LogP contribution in [0.5, 0.6) is 5.75 Å². The van der Waals surface area contributed by atoms with Gasteiger partial charge in [-0.1, -0.05) is 6.58 Å². The minimum Gasteiger partial charge on any atom is -0.452 e. The molecule has 30 heavy (non-hydrogen) atoms. The lowest BCUT2D eigenvalue weighted by Gasteiger charge is -2.13. The van der Waals surface area contributed by atoms with Gasteiger partial charge in [0.2, 0.25) is 0 Å². The van der Waals surface area contributed by atoms with Crippen LogP contribution < -0.4 is 4.74 Å². The fourth-order valence-electron chi connectivity index (χ4n) is 1.80. The maximum absolute atomic E-state index is 12.3. The molecule has 0 unspecified atom stereocenters. The first kappa shape index (κ1) is 24.9. The van der Waals surface area contributed by atoms with Gasteiger partial charge in [-0.15, -0.1) is 0 Å². The third-order valence-corrected chi connectivity index (χ3v) is 2.98. The van der Waals surface area contributed by atoms with Crippen molar-refractivity contribution in [3.8, 4) is 5.75 Å². The van der Waals surface area contributed by atoms with E-state index < -0.39 is 60.4 Å². The van der Waals surface area contributed by atoms with Crippen LogP contribution >= 0.6 is 0 Å². The number of benzene rings is 1. The van der Waals surface area contributed by atoms with E-state index in [0.29, 0.717) is 6.07 Å². The third-order valence-electron chi connectivity index (χ3n) is 2.98. The van der Waals surface area contributed by atoms with Gasteiger partial charge >= 0.3 is 30.3 Å². The number of carbonyl (C=O) groups is 3. The number of esters is 3. The number of halogens is 6. The van der Waals surface area contributed by atoms with Crippen LogP contribution in [0.2, 0.25) is 0 Å². The minimum absolute atomic E-state index is 0.160. The summed E-state index contributed by atoms with van der Waals surface area (Å²) in [4.78, 5) is 35.6. The molecule has 1 rings (SSSR count). The van der Waals surface area contributed by atoms with E-state index in [1.807, 2.05) is 0 Å². The van der Waals surface area contributed by atoms with E-state index in [4.69, 9.17) is 4.74 Å². The number of carbonyl (C=O) groups excluding carboxylic acids is 3. The molecule has 0 saturated carbocycles. The van der Waals surface area contributed by atoms with Crippen LogP contribution in [-0.2, 0) is 19.0 Å². The van der Waals surface area contributed by atoms with E-state index in [9.17, 15) is 40.7 Å². The van der Waals surface area contributed by atoms with Crippen molar-refractivity contribution in [2.75, 3.05) is 26.9 Å². The molecule has 13 heteroatoms. The highest BCUT2D eigenvalue weighted by Gasteiger charge is 2.33. The van der Waals surface area contributed by atoms with Crippen molar-refractivity contribution >= 4 is 17.9 Å². The zero-order chi connectivity index (χ0) is 23.1. The standard InChI is InChI=1S/C17H14F6O7/c1-9(6-27-2)13(24)30-10-3-4-11(14(25)28-7-16(18,19)20)12(5-10)15(26)29-8-17(21,22)23/h3-5H,1,6-8H2,2H3. The number of alkyl halides is 6. The summed E-state index contributed by atoms with van der Waals surface area (Å²) in [7, 11) is 1.26. The molecule has 0 saturated heterocycles. The normalized spacial score (nSPS) is 11.6. The van der Waals surface area contributed by atoms with Gasteiger partial charge in [-0.3, -0.25) is 0 Å². The Morgan fingerprint density at radius 2 is 1.40 bits per heavy atom. The molecule has 0 aliphatic heterocycles. The Labute approximate surface area is 165 Å². The van der Waals surface area contributed by atoms with Crippen molar-refractivity contribution in [2.45, 2.75) is 12.4 Å². The van der Waals surface area contributed by atoms with Gasteiger partial charge in [0.15, 0.2) is 13.2 Å². The molecule has 0 aliphatic rings. The highest BCUT2D eigenvalue weighted by Crippen LogP contribution is 2.23. The SMILES string of the molecule is C=C(COC)C(=O)Oc1ccc(C(=O)OCC(F)(F)F)c(C(=O)OCC(F)(F)F)c1. The highest BCUT2D eigenvalue weighted by atomic mass is 19.4. The van der Waals surface area contributed by atoms with Gasteiger partial charge < -0.3 is 18.9 Å². The quantitative estimate of drug-likeness (QED) is 0.263. The molecular weight excluding hydrogens is 430 g/mol. The summed E-state index contributed by atoms with van der Waals surface area (Å²) in [5.74, 6) is -4.82. The van der Waals surface area contributed by atoms with Crippen LogP contribution in [0.25, 0.3) is 0 Å². The van der Waals surface area contributed by atoms with Gasteiger partial charge in [0.05, 0.1) is 23.3 Å². The van der Waals surface area contributed by atoms with E-state index in [0.717, 1.165) is 12.1 Å². The molecule has 0 bridgehead atoms. The monoisotopic (exact) mass is 444 g/mol. The first-order chi connectivity index (χ1) is 13.7. The first-order valence-corrected chi connectivity index (χ1v) is 7.74. The van der Waals surface area contributed by atoms with Gasteiger partial charge in [0.25, 0.3) is 0 Å². The Morgan fingerprint density at radius 3 is 1.87 bits per heavy atom. The highest BCUT2D eigenvalue weighted by molar-refractivity contribution is 6.03. The topological polar surface area (TPSA) is 88.1 Å². The number of rotatable bonds is 8. The maximum Gasteiger partial charge on any atom is 0.422 e. The van der Waals surface area contributed by atoms with Crippen molar-refractivity contribution < 1.29 is 59.7 Å². The fraction of sp³-hybridized carbons (Fsp3) is 0.353. The van der Waals surface area contributed by atoms with Crippen molar-refractivity contribution in [2.24, 2.45) is 0 Å². The third kappa shape index (κ3) is 8.51. The zero-order valence-electron chi connectivity index (χ0n) is 15.2. The molecule has 0 N–H and O–H groups in total. The summed E-state index contributed by atoms with van der Waals surface area (Å²) in [5.41, 5.74) is -1.90. The second kappa shape index (κ2) is 10.1. The van der Waals surface area contributed by atoms with E-state index in [1.165, 1.54) is 7.11 Å². The molecule has 0 spiro atoms. The molecule has 1 aromatic carbocycles. The zero-order valence-corrected chi connectivity index (χ0v) is 15.2. The summed E-state index contributed by atoms with van der Waals surface area (Å²) in [6.07, 6.45) is -9.79. The Hall–Kier alpha value is -3.09.